The van der Waals surface area contributed by atoms with Gasteiger partial charge in [-0.25, -0.2) is 29.7 Å². The molecule has 1 aromatic carbocycles. The Hall–Kier alpha value is -4.88. The molecule has 0 atom stereocenters. The molecule has 0 saturated heterocycles. The SMILES string of the molecule is COc1ncnc(C2CC2)c1-c1ncc(C=N)c(NCc2ccc(N=C(C=C(N)C(F)(F)F)C(=O)O)cc2)n1. The number of benzene rings is 1. The lowest BCUT2D eigenvalue weighted by Gasteiger charge is -2.13. The number of carboxylic acids is 1. The molecule has 39 heavy (non-hydrogen) atoms. The number of nitrogens with two attached hydrogens (primary N) is 1. The van der Waals surface area contributed by atoms with Crippen molar-refractivity contribution in [2.75, 3.05) is 12.4 Å². The van der Waals surface area contributed by atoms with E-state index in [-0.39, 0.29) is 24.2 Å². The summed E-state index contributed by atoms with van der Waals surface area (Å²) in [5.41, 5.74) is 5.18. The predicted octanol–water partition coefficient (Wildman–Crippen LogP) is 3.99. The molecule has 0 spiro atoms. The van der Waals surface area contributed by atoms with Crippen molar-refractivity contribution >= 4 is 29.4 Å². The fourth-order valence-electron chi connectivity index (χ4n) is 3.56. The molecule has 1 aliphatic carbocycles. The second-order valence-electron chi connectivity index (χ2n) is 8.48. The van der Waals surface area contributed by atoms with E-state index in [0.29, 0.717) is 28.6 Å². The molecule has 14 heteroatoms. The summed E-state index contributed by atoms with van der Waals surface area (Å²) in [5.74, 6) is -0.297. The number of methoxy groups -OCH3 is 1. The molecule has 2 aromatic heterocycles. The number of hydrogen-bond donors (Lipinski definition) is 4. The molecular formula is C25H23F3N8O3. The van der Waals surface area contributed by atoms with Gasteiger partial charge >= 0.3 is 12.1 Å². The van der Waals surface area contributed by atoms with Crippen LogP contribution in [-0.2, 0) is 11.3 Å². The molecule has 4 rings (SSSR count). The zero-order valence-corrected chi connectivity index (χ0v) is 20.5. The third kappa shape index (κ3) is 6.52. The summed E-state index contributed by atoms with van der Waals surface area (Å²) in [4.78, 5) is 32.7. The zero-order valence-electron chi connectivity index (χ0n) is 20.5. The topological polar surface area (TPSA) is 172 Å². The molecule has 202 valence electrons. The van der Waals surface area contributed by atoms with Crippen LogP contribution in [0.4, 0.5) is 24.7 Å². The maximum absolute atomic E-state index is 12.7. The van der Waals surface area contributed by atoms with Gasteiger partial charge in [0, 0.05) is 24.9 Å². The fraction of sp³-hybridized carbons (Fsp3) is 0.240. The second kappa shape index (κ2) is 11.2. The summed E-state index contributed by atoms with van der Waals surface area (Å²) in [6.45, 7) is 0.256. The Bertz CT molecular complexity index is 1450. The van der Waals surface area contributed by atoms with Crippen LogP contribution >= 0.6 is 0 Å². The summed E-state index contributed by atoms with van der Waals surface area (Å²) < 4.78 is 43.5. The van der Waals surface area contributed by atoms with Crippen molar-refractivity contribution in [1.29, 1.82) is 5.41 Å². The third-order valence-corrected chi connectivity index (χ3v) is 5.68. The molecule has 0 radical (unpaired) electrons. The van der Waals surface area contributed by atoms with Crippen molar-refractivity contribution < 1.29 is 27.8 Å². The van der Waals surface area contributed by atoms with Crippen LogP contribution in [0.3, 0.4) is 0 Å². The highest BCUT2D eigenvalue weighted by Crippen LogP contribution is 2.44. The molecule has 0 bridgehead atoms. The van der Waals surface area contributed by atoms with Crippen LogP contribution < -0.4 is 15.8 Å². The summed E-state index contributed by atoms with van der Waals surface area (Å²) in [7, 11) is 1.50. The van der Waals surface area contributed by atoms with Gasteiger partial charge in [0.1, 0.15) is 23.4 Å². The first-order valence-electron chi connectivity index (χ1n) is 11.6. The van der Waals surface area contributed by atoms with Crippen LogP contribution in [0.15, 0.2) is 53.6 Å². The van der Waals surface area contributed by atoms with Crippen molar-refractivity contribution in [2.24, 2.45) is 10.7 Å². The van der Waals surface area contributed by atoms with E-state index in [4.69, 9.17) is 15.9 Å². The van der Waals surface area contributed by atoms with Gasteiger partial charge in [-0.2, -0.15) is 13.2 Å². The highest BCUT2D eigenvalue weighted by Gasteiger charge is 2.33. The van der Waals surface area contributed by atoms with Gasteiger partial charge in [0.25, 0.3) is 0 Å². The Labute approximate surface area is 220 Å². The number of halogens is 3. The largest absolute Gasteiger partial charge is 0.480 e. The van der Waals surface area contributed by atoms with E-state index in [1.165, 1.54) is 31.8 Å². The number of carbonyl (C=O) groups is 1. The quantitative estimate of drug-likeness (QED) is 0.277. The number of allylic oxidation sites excluding steroid dienone is 1. The number of ether oxygens (including phenoxy) is 1. The molecule has 0 amide bonds. The molecular weight excluding hydrogens is 517 g/mol. The lowest BCUT2D eigenvalue weighted by molar-refractivity contribution is -0.129. The highest BCUT2D eigenvalue weighted by molar-refractivity contribution is 6.41. The monoisotopic (exact) mass is 540 g/mol. The predicted molar refractivity (Wildman–Crippen MR) is 136 cm³/mol. The minimum absolute atomic E-state index is 0.121. The maximum Gasteiger partial charge on any atom is 0.430 e. The molecule has 1 aliphatic rings. The number of aliphatic carboxylic acids is 1. The molecule has 1 saturated carbocycles. The van der Waals surface area contributed by atoms with Crippen LogP contribution in [-0.4, -0.2) is 56.2 Å². The highest BCUT2D eigenvalue weighted by atomic mass is 19.4. The normalized spacial score (nSPS) is 14.2. The van der Waals surface area contributed by atoms with Crippen molar-refractivity contribution in [1.82, 2.24) is 19.9 Å². The molecule has 5 N–H and O–H groups in total. The molecule has 0 aliphatic heterocycles. The fourth-order valence-corrected chi connectivity index (χ4v) is 3.56. The minimum atomic E-state index is -4.87. The third-order valence-electron chi connectivity index (χ3n) is 5.68. The number of hydrogen-bond acceptors (Lipinski definition) is 10. The minimum Gasteiger partial charge on any atom is -0.480 e. The molecule has 0 unspecified atom stereocenters. The van der Waals surface area contributed by atoms with Gasteiger partial charge in [-0.05, 0) is 36.6 Å². The van der Waals surface area contributed by atoms with Crippen molar-refractivity contribution in [3.05, 3.63) is 65.4 Å². The summed E-state index contributed by atoms with van der Waals surface area (Å²) in [6.07, 6.45) is 1.44. The number of aliphatic imine (C=N–C) groups is 1. The van der Waals surface area contributed by atoms with Gasteiger partial charge < -0.3 is 26.3 Å². The lowest BCUT2D eigenvalue weighted by atomic mass is 10.1. The number of rotatable bonds is 10. The van der Waals surface area contributed by atoms with Gasteiger partial charge in [0.15, 0.2) is 11.5 Å². The molecule has 3 aromatic rings. The van der Waals surface area contributed by atoms with E-state index in [1.807, 2.05) is 0 Å². The van der Waals surface area contributed by atoms with Crippen LogP contribution in [0.5, 0.6) is 5.88 Å². The first-order valence-corrected chi connectivity index (χ1v) is 11.6. The Balaban J connectivity index is 1.56. The van der Waals surface area contributed by atoms with E-state index in [0.717, 1.165) is 30.3 Å². The Kier molecular flexibility index (Phi) is 7.83. The van der Waals surface area contributed by atoms with Gasteiger partial charge in [-0.1, -0.05) is 12.1 Å². The number of aromatic nitrogens is 4. The number of nitrogens with zero attached hydrogens (tertiary/aromatic N) is 5. The summed E-state index contributed by atoms with van der Waals surface area (Å²) in [6, 6.07) is 6.14. The van der Waals surface area contributed by atoms with Crippen LogP contribution in [0, 0.1) is 5.41 Å². The van der Waals surface area contributed by atoms with Crippen molar-refractivity contribution in [3.8, 4) is 17.3 Å². The van der Waals surface area contributed by atoms with E-state index >= 15 is 0 Å². The first kappa shape index (κ1) is 27.2. The molecule has 11 nitrogen and oxygen atoms in total. The average molecular weight is 541 g/mol. The Morgan fingerprint density at radius 3 is 2.56 bits per heavy atom. The van der Waals surface area contributed by atoms with Crippen LogP contribution in [0.2, 0.25) is 0 Å². The van der Waals surface area contributed by atoms with Gasteiger partial charge in [0.2, 0.25) is 5.88 Å². The zero-order chi connectivity index (χ0) is 28.2. The average Bonchev–Trinajstić information content (AvgIpc) is 3.76. The smallest absolute Gasteiger partial charge is 0.430 e. The maximum atomic E-state index is 12.7. The van der Waals surface area contributed by atoms with Crippen LogP contribution in [0.25, 0.3) is 11.4 Å². The first-order chi connectivity index (χ1) is 18.6. The van der Waals surface area contributed by atoms with E-state index in [9.17, 15) is 23.1 Å². The van der Waals surface area contributed by atoms with Crippen molar-refractivity contribution in [3.63, 3.8) is 0 Å². The van der Waals surface area contributed by atoms with E-state index in [1.54, 1.807) is 12.1 Å². The van der Waals surface area contributed by atoms with Crippen molar-refractivity contribution in [2.45, 2.75) is 31.5 Å². The summed E-state index contributed by atoms with van der Waals surface area (Å²) >= 11 is 0. The number of nitrogens with one attached hydrogen (secondary N) is 2. The van der Waals surface area contributed by atoms with Gasteiger partial charge in [-0.3, -0.25) is 0 Å². The Morgan fingerprint density at radius 1 is 1.26 bits per heavy atom. The standard InChI is InChI=1S/C25H23F3N8O3/c1-39-23-19(20(14-4-5-14)33-12-34-23)22-32-11-15(9-29)21(36-22)31-10-13-2-6-16(7-3-13)35-17(24(37)38)8-18(30)25(26,27)28/h2-3,6-9,11-12,14,29H,4-5,10,30H2,1H3,(H,37,38)(H,31,32,36). The summed E-state index contributed by atoms with van der Waals surface area (Å²) in [5, 5.41) is 20.1. The molecule has 1 fully saturated rings. The Morgan fingerprint density at radius 2 is 1.97 bits per heavy atom. The lowest BCUT2D eigenvalue weighted by Crippen LogP contribution is -2.22. The van der Waals surface area contributed by atoms with Gasteiger partial charge in [-0.15, -0.1) is 0 Å². The van der Waals surface area contributed by atoms with E-state index in [2.05, 4.69) is 30.2 Å². The second-order valence-corrected chi connectivity index (χ2v) is 8.48. The number of alkyl halides is 3. The van der Waals surface area contributed by atoms with Crippen LogP contribution in [0.1, 0.15) is 35.6 Å². The number of carboxylic acid groups (broad SMARTS) is 1. The number of anilines is 1. The van der Waals surface area contributed by atoms with Gasteiger partial charge in [0.05, 0.1) is 24.1 Å². The molecule has 2 heterocycles. The van der Waals surface area contributed by atoms with E-state index < -0.39 is 23.6 Å².